The van der Waals surface area contributed by atoms with E-state index in [2.05, 4.69) is 10.6 Å². The summed E-state index contributed by atoms with van der Waals surface area (Å²) in [7, 11) is 0. The first-order valence-corrected chi connectivity index (χ1v) is 6.76. The summed E-state index contributed by atoms with van der Waals surface area (Å²) in [5.74, 6) is -0.571. The van der Waals surface area contributed by atoms with Gasteiger partial charge in [-0.3, -0.25) is 19.7 Å². The van der Waals surface area contributed by atoms with Gasteiger partial charge in [0, 0.05) is 36.7 Å². The van der Waals surface area contributed by atoms with E-state index in [1.54, 1.807) is 0 Å². The average Bonchev–Trinajstić information content (AvgIpc) is 2.46. The lowest BCUT2D eigenvalue weighted by Crippen LogP contribution is -2.35. The molecule has 21 heavy (non-hydrogen) atoms. The van der Waals surface area contributed by atoms with Crippen LogP contribution in [0.4, 0.5) is 5.69 Å². The monoisotopic (exact) mass is 293 g/mol. The molecule has 1 atom stereocenters. The second-order valence-electron chi connectivity index (χ2n) is 4.69. The normalized spacial score (nSPS) is 11.5. The largest absolute Gasteiger partial charge is 0.354 e. The molecule has 2 amide bonds. The minimum Gasteiger partial charge on any atom is -0.354 e. The van der Waals surface area contributed by atoms with Crippen LogP contribution in [0.1, 0.15) is 37.0 Å². The van der Waals surface area contributed by atoms with E-state index in [0.29, 0.717) is 0 Å². The summed E-state index contributed by atoms with van der Waals surface area (Å²) in [6.07, 6.45) is 1.01. The Bertz CT molecular complexity index is 531. The number of rotatable bonds is 7. The summed E-state index contributed by atoms with van der Waals surface area (Å²) in [6, 6.07) is 5.56. The van der Waals surface area contributed by atoms with Crippen LogP contribution in [-0.4, -0.2) is 29.3 Å². The molecule has 0 bridgehead atoms. The molecule has 0 saturated carbocycles. The van der Waals surface area contributed by atoms with Gasteiger partial charge in [-0.05, 0) is 19.4 Å². The minimum atomic E-state index is -0.559. The number of nitro groups is 1. The van der Waals surface area contributed by atoms with Crippen molar-refractivity contribution in [1.82, 2.24) is 10.6 Å². The highest BCUT2D eigenvalue weighted by molar-refractivity contribution is 5.95. The highest BCUT2D eigenvalue weighted by atomic mass is 16.6. The van der Waals surface area contributed by atoms with Crippen LogP contribution in [-0.2, 0) is 4.79 Å². The van der Waals surface area contributed by atoms with Crippen LogP contribution in [0.15, 0.2) is 24.3 Å². The van der Waals surface area contributed by atoms with Gasteiger partial charge in [-0.15, -0.1) is 0 Å². The molecule has 0 saturated heterocycles. The van der Waals surface area contributed by atoms with Gasteiger partial charge in [0.25, 0.3) is 11.6 Å². The molecular formula is C14H19N3O4. The van der Waals surface area contributed by atoms with Gasteiger partial charge in [-0.25, -0.2) is 0 Å². The smallest absolute Gasteiger partial charge is 0.270 e. The number of benzene rings is 1. The Morgan fingerprint density at radius 2 is 2.10 bits per heavy atom. The Hall–Kier alpha value is -2.44. The van der Waals surface area contributed by atoms with Crippen molar-refractivity contribution in [1.29, 1.82) is 0 Å². The first-order chi connectivity index (χ1) is 9.93. The maximum Gasteiger partial charge on any atom is 0.270 e. The fraction of sp³-hybridized carbons (Fsp3) is 0.429. The average molecular weight is 293 g/mol. The SMILES string of the molecule is CCC(C)NC(=O)CCNC(=O)c1cccc([N+](=O)[O-])c1. The highest BCUT2D eigenvalue weighted by Crippen LogP contribution is 2.12. The molecule has 0 spiro atoms. The topological polar surface area (TPSA) is 101 Å². The van der Waals surface area contributed by atoms with Crippen LogP contribution >= 0.6 is 0 Å². The lowest BCUT2D eigenvalue weighted by atomic mass is 10.2. The Morgan fingerprint density at radius 1 is 1.38 bits per heavy atom. The number of nitrogens with one attached hydrogen (secondary N) is 2. The predicted octanol–water partition coefficient (Wildman–Crippen LogP) is 1.63. The van der Waals surface area contributed by atoms with E-state index in [1.165, 1.54) is 24.3 Å². The van der Waals surface area contributed by atoms with Crippen LogP contribution in [0.25, 0.3) is 0 Å². The fourth-order valence-electron chi connectivity index (χ4n) is 1.60. The molecule has 1 aromatic rings. The predicted molar refractivity (Wildman–Crippen MR) is 77.9 cm³/mol. The molecular weight excluding hydrogens is 274 g/mol. The quantitative estimate of drug-likeness (QED) is 0.589. The zero-order chi connectivity index (χ0) is 15.8. The number of amides is 2. The molecule has 2 N–H and O–H groups in total. The van der Waals surface area contributed by atoms with Crippen molar-refractivity contribution in [3.63, 3.8) is 0 Å². The summed E-state index contributed by atoms with van der Waals surface area (Å²) in [6.45, 7) is 4.05. The molecule has 0 heterocycles. The van der Waals surface area contributed by atoms with Gasteiger partial charge < -0.3 is 10.6 Å². The van der Waals surface area contributed by atoms with E-state index >= 15 is 0 Å². The Kier molecular flexibility index (Phi) is 6.32. The van der Waals surface area contributed by atoms with Crippen molar-refractivity contribution in [3.05, 3.63) is 39.9 Å². The maximum atomic E-state index is 11.8. The first kappa shape index (κ1) is 16.6. The van der Waals surface area contributed by atoms with Crippen molar-refractivity contribution >= 4 is 17.5 Å². The van der Waals surface area contributed by atoms with Gasteiger partial charge >= 0.3 is 0 Å². The van der Waals surface area contributed by atoms with E-state index in [9.17, 15) is 19.7 Å². The van der Waals surface area contributed by atoms with Crippen molar-refractivity contribution < 1.29 is 14.5 Å². The van der Waals surface area contributed by atoms with E-state index in [0.717, 1.165) is 6.42 Å². The fourth-order valence-corrected chi connectivity index (χ4v) is 1.60. The molecule has 0 radical (unpaired) electrons. The molecule has 0 aromatic heterocycles. The van der Waals surface area contributed by atoms with Gasteiger partial charge in [-0.1, -0.05) is 13.0 Å². The first-order valence-electron chi connectivity index (χ1n) is 6.76. The van der Waals surface area contributed by atoms with Gasteiger partial charge in [0.2, 0.25) is 5.91 Å². The Balaban J connectivity index is 2.45. The number of nitro benzene ring substituents is 1. The Labute approximate surface area is 122 Å². The summed E-state index contributed by atoms with van der Waals surface area (Å²) in [5, 5.41) is 16.0. The number of carbonyl (C=O) groups excluding carboxylic acids is 2. The molecule has 0 aliphatic heterocycles. The highest BCUT2D eigenvalue weighted by Gasteiger charge is 2.12. The van der Waals surface area contributed by atoms with Crippen molar-refractivity contribution in [2.24, 2.45) is 0 Å². The maximum absolute atomic E-state index is 11.8. The number of nitrogens with zero attached hydrogens (tertiary/aromatic N) is 1. The second-order valence-corrected chi connectivity index (χ2v) is 4.69. The third-order valence-corrected chi connectivity index (χ3v) is 2.98. The minimum absolute atomic E-state index is 0.102. The van der Waals surface area contributed by atoms with E-state index in [4.69, 9.17) is 0 Å². The van der Waals surface area contributed by atoms with Gasteiger partial charge in [0.15, 0.2) is 0 Å². The summed E-state index contributed by atoms with van der Waals surface area (Å²) in [5.41, 5.74) is 0.0590. The van der Waals surface area contributed by atoms with E-state index in [-0.39, 0.29) is 36.2 Å². The van der Waals surface area contributed by atoms with Crippen LogP contribution in [0, 0.1) is 10.1 Å². The standard InChI is InChI=1S/C14H19N3O4/c1-3-10(2)16-13(18)7-8-15-14(19)11-5-4-6-12(9-11)17(20)21/h4-6,9-10H,3,7-8H2,1-2H3,(H,15,19)(H,16,18). The third kappa shape index (κ3) is 5.60. The molecule has 114 valence electrons. The van der Waals surface area contributed by atoms with Crippen LogP contribution in [0.5, 0.6) is 0 Å². The lowest BCUT2D eigenvalue weighted by molar-refractivity contribution is -0.384. The van der Waals surface area contributed by atoms with Gasteiger partial charge in [0.05, 0.1) is 4.92 Å². The van der Waals surface area contributed by atoms with Crippen molar-refractivity contribution in [2.45, 2.75) is 32.7 Å². The molecule has 1 unspecified atom stereocenters. The molecule has 0 fully saturated rings. The van der Waals surface area contributed by atoms with Crippen molar-refractivity contribution in [2.75, 3.05) is 6.54 Å². The van der Waals surface area contributed by atoms with Crippen LogP contribution in [0.2, 0.25) is 0 Å². The number of hydrogen-bond acceptors (Lipinski definition) is 4. The molecule has 7 nitrogen and oxygen atoms in total. The van der Waals surface area contributed by atoms with Gasteiger partial charge in [-0.2, -0.15) is 0 Å². The number of hydrogen-bond donors (Lipinski definition) is 2. The molecule has 0 aliphatic rings. The summed E-state index contributed by atoms with van der Waals surface area (Å²) < 4.78 is 0. The zero-order valence-electron chi connectivity index (χ0n) is 12.1. The summed E-state index contributed by atoms with van der Waals surface area (Å²) >= 11 is 0. The van der Waals surface area contributed by atoms with E-state index < -0.39 is 10.8 Å². The van der Waals surface area contributed by atoms with E-state index in [1.807, 2.05) is 13.8 Å². The van der Waals surface area contributed by atoms with Crippen LogP contribution in [0.3, 0.4) is 0 Å². The number of carbonyl (C=O) groups is 2. The van der Waals surface area contributed by atoms with Gasteiger partial charge in [0.1, 0.15) is 0 Å². The van der Waals surface area contributed by atoms with Crippen LogP contribution < -0.4 is 10.6 Å². The number of non-ortho nitro benzene ring substituents is 1. The Morgan fingerprint density at radius 3 is 2.71 bits per heavy atom. The lowest BCUT2D eigenvalue weighted by Gasteiger charge is -2.11. The molecule has 1 rings (SSSR count). The zero-order valence-corrected chi connectivity index (χ0v) is 12.1. The second kappa shape index (κ2) is 7.98. The molecule has 1 aromatic carbocycles. The third-order valence-electron chi connectivity index (χ3n) is 2.98. The van der Waals surface area contributed by atoms with Crippen molar-refractivity contribution in [3.8, 4) is 0 Å². The summed E-state index contributed by atoms with van der Waals surface area (Å²) in [4.78, 5) is 33.4. The molecule has 0 aliphatic carbocycles. The molecule has 7 heteroatoms.